The molecule has 0 spiro atoms. The first-order valence-electron chi connectivity index (χ1n) is 8.38. The van der Waals surface area contributed by atoms with Crippen molar-refractivity contribution in [3.63, 3.8) is 0 Å². The molecule has 0 aliphatic rings. The van der Waals surface area contributed by atoms with Crippen LogP contribution in [0.25, 0.3) is 37.6 Å². The van der Waals surface area contributed by atoms with Crippen molar-refractivity contribution in [2.24, 2.45) is 0 Å². The summed E-state index contributed by atoms with van der Waals surface area (Å²) in [4.78, 5) is 19.1. The summed E-state index contributed by atoms with van der Waals surface area (Å²) in [5.74, 6) is 0. The van der Waals surface area contributed by atoms with Gasteiger partial charge in [-0.1, -0.05) is 84.1 Å². The van der Waals surface area contributed by atoms with Gasteiger partial charge >= 0.3 is 0 Å². The first-order chi connectivity index (χ1) is 12.8. The fourth-order valence-corrected chi connectivity index (χ4v) is 4.30. The van der Waals surface area contributed by atoms with Crippen LogP contribution in [-0.4, -0.2) is 9.38 Å². The predicted molar refractivity (Wildman–Crippen MR) is 108 cm³/mol. The molecule has 0 aliphatic carbocycles. The van der Waals surface area contributed by atoms with E-state index in [4.69, 9.17) is 4.98 Å². The number of fused-ring (bicyclic) bond motifs is 3. The van der Waals surface area contributed by atoms with E-state index < -0.39 is 0 Å². The number of nitrogens with zero attached hydrogens (tertiary/aromatic N) is 2. The molecular formula is C22H14N2OS. The zero-order valence-corrected chi connectivity index (χ0v) is 14.6. The van der Waals surface area contributed by atoms with Crippen molar-refractivity contribution in [3.05, 3.63) is 95.3 Å². The molecule has 0 N–H and O–H groups in total. The van der Waals surface area contributed by atoms with Crippen molar-refractivity contribution in [2.45, 2.75) is 0 Å². The molecule has 0 atom stereocenters. The van der Waals surface area contributed by atoms with Gasteiger partial charge in [-0.3, -0.25) is 9.20 Å². The smallest absolute Gasteiger partial charge is 0.267 e. The number of thiazole rings is 1. The Bertz CT molecular complexity index is 1290. The fourth-order valence-electron chi connectivity index (χ4n) is 3.28. The minimum absolute atomic E-state index is 0.0301. The Morgan fingerprint density at radius 3 is 2.08 bits per heavy atom. The lowest BCUT2D eigenvalue weighted by atomic mass is 10.0. The SMILES string of the molecule is O=c1c(-c2ccccc2)c(-c2ccccc2)nc2sc3ccccc3n12. The highest BCUT2D eigenvalue weighted by Crippen LogP contribution is 2.31. The second-order valence-corrected chi connectivity index (χ2v) is 7.07. The Hall–Kier alpha value is -3.24. The number of hydrogen-bond donors (Lipinski definition) is 0. The lowest BCUT2D eigenvalue weighted by Gasteiger charge is -2.09. The number of para-hydroxylation sites is 1. The molecule has 4 heteroatoms. The van der Waals surface area contributed by atoms with Crippen LogP contribution >= 0.6 is 11.3 Å². The van der Waals surface area contributed by atoms with Gasteiger partial charge in [0, 0.05) is 5.56 Å². The highest BCUT2D eigenvalue weighted by atomic mass is 32.1. The Morgan fingerprint density at radius 2 is 1.35 bits per heavy atom. The van der Waals surface area contributed by atoms with E-state index in [1.54, 1.807) is 15.7 Å². The lowest BCUT2D eigenvalue weighted by molar-refractivity contribution is 1.12. The molecule has 0 amide bonds. The van der Waals surface area contributed by atoms with Gasteiger partial charge in [0.15, 0.2) is 4.96 Å². The second-order valence-electron chi connectivity index (χ2n) is 6.06. The Kier molecular flexibility index (Phi) is 3.43. The van der Waals surface area contributed by atoms with Crippen molar-refractivity contribution in [1.29, 1.82) is 0 Å². The van der Waals surface area contributed by atoms with Crippen LogP contribution in [0.2, 0.25) is 0 Å². The molecule has 5 aromatic rings. The first-order valence-corrected chi connectivity index (χ1v) is 9.20. The fraction of sp³-hybridized carbons (Fsp3) is 0. The number of rotatable bonds is 2. The molecule has 3 nitrogen and oxygen atoms in total. The molecule has 0 fully saturated rings. The number of hydrogen-bond acceptors (Lipinski definition) is 3. The summed E-state index contributed by atoms with van der Waals surface area (Å²) in [6, 6.07) is 27.6. The Morgan fingerprint density at radius 1 is 0.731 bits per heavy atom. The third-order valence-electron chi connectivity index (χ3n) is 4.47. The molecule has 0 bridgehead atoms. The van der Waals surface area contributed by atoms with E-state index in [0.29, 0.717) is 5.56 Å². The molecule has 3 aromatic carbocycles. The van der Waals surface area contributed by atoms with Gasteiger partial charge in [-0.05, 0) is 17.7 Å². The molecular weight excluding hydrogens is 340 g/mol. The summed E-state index contributed by atoms with van der Waals surface area (Å²) in [6.45, 7) is 0. The van der Waals surface area contributed by atoms with Crippen LogP contribution in [0.1, 0.15) is 0 Å². The minimum Gasteiger partial charge on any atom is -0.268 e. The van der Waals surface area contributed by atoms with Gasteiger partial charge in [-0.15, -0.1) is 0 Å². The summed E-state index contributed by atoms with van der Waals surface area (Å²) < 4.78 is 2.79. The second kappa shape index (κ2) is 5.93. The standard InChI is InChI=1S/C22H14N2OS/c25-21-19(15-9-3-1-4-10-15)20(16-11-5-2-6-12-16)23-22-24(21)17-13-7-8-14-18(17)26-22/h1-14H. The van der Waals surface area contributed by atoms with Crippen molar-refractivity contribution in [2.75, 3.05) is 0 Å². The highest BCUT2D eigenvalue weighted by Gasteiger charge is 2.18. The van der Waals surface area contributed by atoms with E-state index in [2.05, 4.69) is 0 Å². The van der Waals surface area contributed by atoms with Gasteiger partial charge < -0.3 is 0 Å². The van der Waals surface area contributed by atoms with Crippen LogP contribution in [0, 0.1) is 0 Å². The zero-order chi connectivity index (χ0) is 17.5. The maximum atomic E-state index is 13.5. The maximum absolute atomic E-state index is 13.5. The van der Waals surface area contributed by atoms with Crippen molar-refractivity contribution < 1.29 is 0 Å². The van der Waals surface area contributed by atoms with Gasteiger partial charge in [-0.25, -0.2) is 4.98 Å². The maximum Gasteiger partial charge on any atom is 0.267 e. The van der Waals surface area contributed by atoms with Gasteiger partial charge in [0.2, 0.25) is 0 Å². The molecule has 0 aliphatic heterocycles. The molecule has 2 heterocycles. The average molecular weight is 354 g/mol. The molecule has 0 radical (unpaired) electrons. The van der Waals surface area contributed by atoms with Gasteiger partial charge in [0.25, 0.3) is 5.56 Å². The van der Waals surface area contributed by atoms with E-state index in [1.807, 2.05) is 84.9 Å². The topological polar surface area (TPSA) is 34.4 Å². The molecule has 26 heavy (non-hydrogen) atoms. The quantitative estimate of drug-likeness (QED) is 0.434. The lowest BCUT2D eigenvalue weighted by Crippen LogP contribution is -2.17. The Balaban J connectivity index is 1.97. The predicted octanol–water partition coefficient (Wildman–Crippen LogP) is 5.24. The molecule has 2 aromatic heterocycles. The molecule has 0 saturated heterocycles. The summed E-state index contributed by atoms with van der Waals surface area (Å²) in [5, 5.41) is 0. The normalized spacial score (nSPS) is 11.2. The van der Waals surface area contributed by atoms with Crippen molar-refractivity contribution >= 4 is 26.5 Å². The monoisotopic (exact) mass is 354 g/mol. The highest BCUT2D eigenvalue weighted by molar-refractivity contribution is 7.23. The third kappa shape index (κ3) is 2.27. The molecule has 124 valence electrons. The molecule has 0 unspecified atom stereocenters. The number of benzene rings is 3. The van der Waals surface area contributed by atoms with E-state index in [-0.39, 0.29) is 5.56 Å². The van der Waals surface area contributed by atoms with Crippen LogP contribution in [0.4, 0.5) is 0 Å². The van der Waals surface area contributed by atoms with E-state index in [1.165, 1.54) is 0 Å². The van der Waals surface area contributed by atoms with Crippen LogP contribution < -0.4 is 5.56 Å². The van der Waals surface area contributed by atoms with Crippen LogP contribution in [0.15, 0.2) is 89.7 Å². The molecule has 5 rings (SSSR count). The summed E-state index contributed by atoms with van der Waals surface area (Å²) in [5.41, 5.74) is 4.07. The van der Waals surface area contributed by atoms with Crippen LogP contribution in [0.3, 0.4) is 0 Å². The van der Waals surface area contributed by atoms with Crippen molar-refractivity contribution in [1.82, 2.24) is 9.38 Å². The largest absolute Gasteiger partial charge is 0.268 e. The van der Waals surface area contributed by atoms with Gasteiger partial charge in [0.1, 0.15) is 0 Å². The number of aromatic nitrogens is 2. The van der Waals surface area contributed by atoms with E-state index in [0.717, 1.165) is 32.0 Å². The first kappa shape index (κ1) is 15.0. The van der Waals surface area contributed by atoms with Crippen LogP contribution in [-0.2, 0) is 0 Å². The third-order valence-corrected chi connectivity index (χ3v) is 5.49. The van der Waals surface area contributed by atoms with E-state index in [9.17, 15) is 4.79 Å². The van der Waals surface area contributed by atoms with Gasteiger partial charge in [0.05, 0.1) is 21.5 Å². The Labute approximate surface area is 153 Å². The van der Waals surface area contributed by atoms with Crippen LogP contribution in [0.5, 0.6) is 0 Å². The summed E-state index contributed by atoms with van der Waals surface area (Å²) in [6.07, 6.45) is 0. The van der Waals surface area contributed by atoms with Crippen molar-refractivity contribution in [3.8, 4) is 22.4 Å². The van der Waals surface area contributed by atoms with Gasteiger partial charge in [-0.2, -0.15) is 0 Å². The van der Waals surface area contributed by atoms with E-state index >= 15 is 0 Å². The summed E-state index contributed by atoms with van der Waals surface area (Å²) >= 11 is 1.54. The minimum atomic E-state index is -0.0301. The summed E-state index contributed by atoms with van der Waals surface area (Å²) in [7, 11) is 0. The molecule has 0 saturated carbocycles. The average Bonchev–Trinajstić information content (AvgIpc) is 3.08. The zero-order valence-electron chi connectivity index (χ0n) is 13.8.